The molecule has 1 fully saturated rings. The lowest BCUT2D eigenvalue weighted by Crippen LogP contribution is -2.32. The van der Waals surface area contributed by atoms with Crippen LogP contribution in [0.25, 0.3) is 0 Å². The highest BCUT2D eigenvalue weighted by Gasteiger charge is 2.36. The van der Waals surface area contributed by atoms with E-state index in [1.165, 1.54) is 26.2 Å². The molecule has 0 spiro atoms. The molecule has 1 aromatic rings. The Balaban J connectivity index is 2.20. The van der Waals surface area contributed by atoms with Crippen LogP contribution in [-0.4, -0.2) is 43.8 Å². The molecular weight excluding hydrogens is 368 g/mol. The number of nitrogens with zero attached hydrogens (tertiary/aromatic N) is 1. The maximum Gasteiger partial charge on any atom is 0.303 e. The van der Waals surface area contributed by atoms with Gasteiger partial charge >= 0.3 is 5.97 Å². The van der Waals surface area contributed by atoms with E-state index in [2.05, 4.69) is 5.32 Å². The second kappa shape index (κ2) is 8.39. The molecule has 0 radical (unpaired) electrons. The van der Waals surface area contributed by atoms with E-state index in [-0.39, 0.29) is 23.6 Å². The lowest BCUT2D eigenvalue weighted by atomic mass is 9.69. The van der Waals surface area contributed by atoms with E-state index >= 15 is 0 Å². The lowest BCUT2D eigenvalue weighted by Gasteiger charge is -2.35. The zero-order valence-corrected chi connectivity index (χ0v) is 16.9. The minimum absolute atomic E-state index is 0.0194. The molecule has 1 aromatic carbocycles. The van der Waals surface area contributed by atoms with Crippen molar-refractivity contribution in [3.8, 4) is 0 Å². The van der Waals surface area contributed by atoms with Gasteiger partial charge in [0.1, 0.15) is 0 Å². The Kier molecular flexibility index (Phi) is 6.64. The Morgan fingerprint density at radius 2 is 1.78 bits per heavy atom. The zero-order chi connectivity index (χ0) is 20.2. The Morgan fingerprint density at radius 3 is 2.33 bits per heavy atom. The monoisotopic (exact) mass is 396 g/mol. The van der Waals surface area contributed by atoms with E-state index in [0.29, 0.717) is 5.69 Å². The van der Waals surface area contributed by atoms with Gasteiger partial charge < -0.3 is 10.4 Å². The van der Waals surface area contributed by atoms with Crippen LogP contribution >= 0.6 is 0 Å². The van der Waals surface area contributed by atoms with Gasteiger partial charge in [-0.05, 0) is 42.9 Å². The maximum atomic E-state index is 12.7. The summed E-state index contributed by atoms with van der Waals surface area (Å²) in [4.78, 5) is 24.0. The molecule has 150 valence electrons. The van der Waals surface area contributed by atoms with Gasteiger partial charge in [-0.2, -0.15) is 0 Å². The molecule has 0 saturated heterocycles. The van der Waals surface area contributed by atoms with Gasteiger partial charge in [0.05, 0.1) is 11.3 Å². The number of anilines is 1. The summed E-state index contributed by atoms with van der Waals surface area (Å²) in [5.41, 5.74) is 0.663. The Bertz CT molecular complexity index is 811. The van der Waals surface area contributed by atoms with Gasteiger partial charge in [-0.1, -0.05) is 25.3 Å². The predicted octanol–water partition coefficient (Wildman–Crippen LogP) is 3.00. The van der Waals surface area contributed by atoms with Gasteiger partial charge in [-0.3, -0.25) is 9.59 Å². The van der Waals surface area contributed by atoms with E-state index < -0.39 is 21.4 Å². The van der Waals surface area contributed by atoms with Crippen LogP contribution in [0.4, 0.5) is 5.69 Å². The summed E-state index contributed by atoms with van der Waals surface area (Å²) in [6.07, 6.45) is 4.47. The van der Waals surface area contributed by atoms with Gasteiger partial charge in [0, 0.05) is 26.2 Å². The van der Waals surface area contributed by atoms with Crippen LogP contribution in [0.15, 0.2) is 23.1 Å². The highest BCUT2D eigenvalue weighted by Crippen LogP contribution is 2.42. The number of hydrogen-bond donors (Lipinski definition) is 2. The molecule has 0 aliphatic heterocycles. The third-order valence-corrected chi connectivity index (χ3v) is 7.05. The van der Waals surface area contributed by atoms with Crippen LogP contribution in [0.1, 0.15) is 50.5 Å². The molecule has 1 saturated carbocycles. The molecule has 1 aliphatic rings. The molecule has 0 atom stereocenters. The van der Waals surface area contributed by atoms with Crippen LogP contribution in [-0.2, 0) is 19.6 Å². The van der Waals surface area contributed by atoms with Crippen molar-refractivity contribution in [3.05, 3.63) is 23.8 Å². The van der Waals surface area contributed by atoms with Crippen LogP contribution < -0.4 is 5.32 Å². The average Bonchev–Trinajstić information content (AvgIpc) is 2.56. The molecule has 0 unspecified atom stereocenters. The largest absolute Gasteiger partial charge is 0.481 e. The molecule has 27 heavy (non-hydrogen) atoms. The first-order valence-corrected chi connectivity index (χ1v) is 10.5. The van der Waals surface area contributed by atoms with Crippen molar-refractivity contribution in [1.82, 2.24) is 4.31 Å². The van der Waals surface area contributed by atoms with Crippen molar-refractivity contribution in [2.75, 3.05) is 19.4 Å². The molecule has 2 N–H and O–H groups in total. The summed E-state index contributed by atoms with van der Waals surface area (Å²) in [5, 5.41) is 12.0. The van der Waals surface area contributed by atoms with Gasteiger partial charge in [0.25, 0.3) is 0 Å². The zero-order valence-electron chi connectivity index (χ0n) is 16.1. The van der Waals surface area contributed by atoms with E-state index in [1.54, 1.807) is 13.0 Å². The fourth-order valence-corrected chi connectivity index (χ4v) is 4.61. The van der Waals surface area contributed by atoms with Crippen LogP contribution in [0.5, 0.6) is 0 Å². The molecule has 1 aliphatic carbocycles. The molecule has 7 nitrogen and oxygen atoms in total. The average molecular weight is 397 g/mol. The molecular formula is C19H28N2O5S. The molecule has 0 aromatic heterocycles. The summed E-state index contributed by atoms with van der Waals surface area (Å²) in [6, 6.07) is 4.61. The summed E-state index contributed by atoms with van der Waals surface area (Å²) < 4.78 is 25.8. The Hall–Kier alpha value is -1.93. The molecule has 1 amide bonds. The standard InChI is InChI=1S/C19H28N2O5S/c1-14-7-8-15(27(25,26)21(2)3)11-16(14)20-17(22)12-19(13-18(23)24)9-5-4-6-10-19/h7-8,11H,4-6,9-10,12-13H2,1-3H3,(H,20,22)(H,23,24). The van der Waals surface area contributed by atoms with Crippen molar-refractivity contribution in [3.63, 3.8) is 0 Å². The minimum Gasteiger partial charge on any atom is -0.481 e. The van der Waals surface area contributed by atoms with Gasteiger partial charge in [0.15, 0.2) is 0 Å². The number of carboxylic acid groups (broad SMARTS) is 1. The molecule has 2 rings (SSSR count). The number of amides is 1. The molecule has 8 heteroatoms. The Labute approximate surface area is 160 Å². The second-order valence-electron chi connectivity index (χ2n) is 7.62. The number of carboxylic acids is 1. The van der Waals surface area contributed by atoms with Crippen molar-refractivity contribution < 1.29 is 23.1 Å². The smallest absolute Gasteiger partial charge is 0.303 e. The number of carbonyl (C=O) groups excluding carboxylic acids is 1. The van der Waals surface area contributed by atoms with Crippen molar-refractivity contribution in [1.29, 1.82) is 0 Å². The predicted molar refractivity (Wildman–Crippen MR) is 103 cm³/mol. The van der Waals surface area contributed by atoms with E-state index in [9.17, 15) is 23.1 Å². The fourth-order valence-electron chi connectivity index (χ4n) is 3.68. The minimum atomic E-state index is -3.60. The van der Waals surface area contributed by atoms with Crippen LogP contribution in [0, 0.1) is 12.3 Å². The van der Waals surface area contributed by atoms with Crippen molar-refractivity contribution in [2.24, 2.45) is 5.41 Å². The normalized spacial score (nSPS) is 16.9. The second-order valence-corrected chi connectivity index (χ2v) is 9.77. The highest BCUT2D eigenvalue weighted by molar-refractivity contribution is 7.89. The number of nitrogens with one attached hydrogen (secondary N) is 1. The summed E-state index contributed by atoms with van der Waals surface area (Å²) >= 11 is 0. The number of hydrogen-bond acceptors (Lipinski definition) is 4. The first-order chi connectivity index (χ1) is 12.6. The molecule has 0 bridgehead atoms. The van der Waals surface area contributed by atoms with Gasteiger partial charge in [-0.25, -0.2) is 12.7 Å². The number of benzene rings is 1. The summed E-state index contributed by atoms with van der Waals surface area (Å²) in [6.45, 7) is 1.79. The topological polar surface area (TPSA) is 104 Å². The molecule has 0 heterocycles. The van der Waals surface area contributed by atoms with E-state index in [0.717, 1.165) is 42.0 Å². The highest BCUT2D eigenvalue weighted by atomic mass is 32.2. The number of sulfonamides is 1. The van der Waals surface area contributed by atoms with Crippen LogP contribution in [0.2, 0.25) is 0 Å². The SMILES string of the molecule is Cc1ccc(S(=O)(=O)N(C)C)cc1NC(=O)CC1(CC(=O)O)CCCCC1. The van der Waals surface area contributed by atoms with Gasteiger partial charge in [-0.15, -0.1) is 0 Å². The van der Waals surface area contributed by atoms with Crippen LogP contribution in [0.3, 0.4) is 0 Å². The quantitative estimate of drug-likeness (QED) is 0.737. The number of aliphatic carboxylic acids is 1. The third kappa shape index (κ3) is 5.29. The lowest BCUT2D eigenvalue weighted by molar-refractivity contribution is -0.140. The maximum absolute atomic E-state index is 12.7. The third-order valence-electron chi connectivity index (χ3n) is 5.24. The fraction of sp³-hybridized carbons (Fsp3) is 0.579. The van der Waals surface area contributed by atoms with Crippen molar-refractivity contribution in [2.45, 2.75) is 56.8 Å². The van der Waals surface area contributed by atoms with Crippen molar-refractivity contribution >= 4 is 27.6 Å². The van der Waals surface area contributed by atoms with Gasteiger partial charge in [0.2, 0.25) is 15.9 Å². The summed E-state index contributed by atoms with van der Waals surface area (Å²) in [5.74, 6) is -1.17. The summed E-state index contributed by atoms with van der Waals surface area (Å²) in [7, 11) is -0.702. The first-order valence-electron chi connectivity index (χ1n) is 9.11. The Morgan fingerprint density at radius 1 is 1.15 bits per heavy atom. The van der Waals surface area contributed by atoms with E-state index in [1.807, 2.05) is 0 Å². The first kappa shape index (κ1) is 21.4. The number of rotatable bonds is 7. The number of carbonyl (C=O) groups is 2. The van der Waals surface area contributed by atoms with E-state index in [4.69, 9.17) is 0 Å². The number of aryl methyl sites for hydroxylation is 1.